The van der Waals surface area contributed by atoms with E-state index in [4.69, 9.17) is 11.5 Å². The Morgan fingerprint density at radius 2 is 2.14 bits per heavy atom. The zero-order valence-corrected chi connectivity index (χ0v) is 12.6. The molecule has 2 heterocycles. The second-order valence-corrected chi connectivity index (χ2v) is 5.56. The molecule has 8 heteroatoms. The normalized spacial score (nSPS) is 11.7. The van der Waals surface area contributed by atoms with Crippen LogP contribution in [0.4, 0.5) is 5.82 Å². The van der Waals surface area contributed by atoms with Crippen LogP contribution in [0.1, 0.15) is 19.7 Å². The molecule has 21 heavy (non-hydrogen) atoms. The Morgan fingerprint density at radius 3 is 2.76 bits per heavy atom. The Kier molecular flexibility index (Phi) is 4.37. The molecule has 0 aliphatic rings. The first-order chi connectivity index (χ1) is 9.86. The van der Waals surface area contributed by atoms with Crippen molar-refractivity contribution in [1.29, 1.82) is 0 Å². The molecule has 0 aliphatic carbocycles. The van der Waals surface area contributed by atoms with Crippen molar-refractivity contribution in [3.05, 3.63) is 12.0 Å². The van der Waals surface area contributed by atoms with Crippen LogP contribution >= 0.6 is 0 Å². The number of hydrogen-bond acceptors (Lipinski definition) is 6. The molecule has 0 spiro atoms. The fourth-order valence-corrected chi connectivity index (χ4v) is 2.28. The third-order valence-electron chi connectivity index (χ3n) is 3.04. The van der Waals surface area contributed by atoms with Crippen LogP contribution in [-0.2, 0) is 18.4 Å². The molecular formula is C13H21N7O. The van der Waals surface area contributed by atoms with Crippen molar-refractivity contribution < 1.29 is 4.79 Å². The zero-order chi connectivity index (χ0) is 15.6. The Balaban J connectivity index is 2.27. The van der Waals surface area contributed by atoms with Crippen molar-refractivity contribution >= 4 is 22.8 Å². The molecule has 0 saturated carbocycles. The van der Waals surface area contributed by atoms with Crippen LogP contribution in [0.3, 0.4) is 0 Å². The number of nitrogens with zero attached hydrogens (tertiary/aromatic N) is 5. The second-order valence-electron chi connectivity index (χ2n) is 5.56. The number of nitrogens with two attached hydrogens (primary N) is 2. The monoisotopic (exact) mass is 291 g/mol. The van der Waals surface area contributed by atoms with E-state index in [1.807, 2.05) is 4.90 Å². The lowest BCUT2D eigenvalue weighted by Crippen LogP contribution is -2.36. The number of carbonyl (C=O) groups excluding carboxylic acids is 1. The number of amides is 1. The molecule has 0 aromatic carbocycles. The van der Waals surface area contributed by atoms with Gasteiger partial charge in [0.15, 0.2) is 5.65 Å². The van der Waals surface area contributed by atoms with Crippen molar-refractivity contribution in [2.24, 2.45) is 18.7 Å². The van der Waals surface area contributed by atoms with E-state index < -0.39 is 0 Å². The van der Waals surface area contributed by atoms with E-state index in [1.165, 1.54) is 0 Å². The summed E-state index contributed by atoms with van der Waals surface area (Å²) in [6.07, 6.45) is 1.64. The van der Waals surface area contributed by atoms with Gasteiger partial charge in [0, 0.05) is 13.6 Å². The summed E-state index contributed by atoms with van der Waals surface area (Å²) in [7, 11) is 1.80. The molecule has 0 aliphatic heterocycles. The Morgan fingerprint density at radius 1 is 1.43 bits per heavy atom. The van der Waals surface area contributed by atoms with Crippen molar-refractivity contribution in [3.63, 3.8) is 0 Å². The fourth-order valence-electron chi connectivity index (χ4n) is 2.28. The van der Waals surface area contributed by atoms with Gasteiger partial charge in [0.05, 0.1) is 24.7 Å². The Bertz CT molecular complexity index is 649. The molecule has 4 N–H and O–H groups in total. The van der Waals surface area contributed by atoms with Gasteiger partial charge in [0.25, 0.3) is 0 Å². The molecule has 2 rings (SSSR count). The van der Waals surface area contributed by atoms with E-state index in [9.17, 15) is 4.79 Å². The minimum Gasteiger partial charge on any atom is -0.383 e. The van der Waals surface area contributed by atoms with Crippen LogP contribution in [0.2, 0.25) is 0 Å². The molecular weight excluding hydrogens is 270 g/mol. The van der Waals surface area contributed by atoms with E-state index >= 15 is 0 Å². The first-order valence-electron chi connectivity index (χ1n) is 6.81. The minimum atomic E-state index is -0.370. The van der Waals surface area contributed by atoms with E-state index in [1.54, 1.807) is 17.9 Å². The quantitative estimate of drug-likeness (QED) is 0.767. The Hall–Kier alpha value is -2.22. The zero-order valence-electron chi connectivity index (χ0n) is 12.6. The number of aryl methyl sites for hydroxylation is 1. The predicted octanol–water partition coefficient (Wildman–Crippen LogP) is -0.111. The highest BCUT2D eigenvalue weighted by molar-refractivity contribution is 5.84. The molecule has 0 radical (unpaired) electrons. The van der Waals surface area contributed by atoms with Gasteiger partial charge in [-0.2, -0.15) is 5.10 Å². The number of fused-ring (bicyclic) bond motifs is 1. The van der Waals surface area contributed by atoms with Crippen molar-refractivity contribution in [3.8, 4) is 0 Å². The summed E-state index contributed by atoms with van der Waals surface area (Å²) in [5, 5.41) is 4.85. The Labute approximate surface area is 123 Å². The topological polar surface area (TPSA) is 116 Å². The van der Waals surface area contributed by atoms with Gasteiger partial charge in [0.2, 0.25) is 5.91 Å². The average molecular weight is 291 g/mol. The summed E-state index contributed by atoms with van der Waals surface area (Å²) in [5.41, 5.74) is 11.9. The summed E-state index contributed by atoms with van der Waals surface area (Å²) < 4.78 is 1.65. The summed E-state index contributed by atoms with van der Waals surface area (Å²) >= 11 is 0. The van der Waals surface area contributed by atoms with Crippen LogP contribution in [0.15, 0.2) is 6.20 Å². The molecule has 0 atom stereocenters. The van der Waals surface area contributed by atoms with E-state index in [0.717, 1.165) is 11.9 Å². The summed E-state index contributed by atoms with van der Waals surface area (Å²) in [4.78, 5) is 21.8. The van der Waals surface area contributed by atoms with Crippen LogP contribution in [0, 0.1) is 5.92 Å². The van der Waals surface area contributed by atoms with Gasteiger partial charge in [-0.25, -0.2) is 9.97 Å². The molecule has 114 valence electrons. The summed E-state index contributed by atoms with van der Waals surface area (Å²) in [6.45, 7) is 5.48. The number of hydrogen-bond donors (Lipinski definition) is 2. The van der Waals surface area contributed by atoms with E-state index in [2.05, 4.69) is 28.9 Å². The molecule has 2 aromatic rings. The van der Waals surface area contributed by atoms with Gasteiger partial charge < -0.3 is 11.5 Å². The SMILES string of the molecule is CC(C)CN(CC(N)=O)Cc1nc(N)c2cnn(C)c2n1. The third kappa shape index (κ3) is 3.66. The maximum absolute atomic E-state index is 11.2. The largest absolute Gasteiger partial charge is 0.383 e. The van der Waals surface area contributed by atoms with Gasteiger partial charge >= 0.3 is 0 Å². The summed E-state index contributed by atoms with van der Waals surface area (Å²) in [6, 6.07) is 0. The van der Waals surface area contributed by atoms with Crippen molar-refractivity contribution in [2.75, 3.05) is 18.8 Å². The maximum Gasteiger partial charge on any atom is 0.231 e. The molecule has 0 saturated heterocycles. The highest BCUT2D eigenvalue weighted by Gasteiger charge is 2.15. The summed E-state index contributed by atoms with van der Waals surface area (Å²) in [5.74, 6) is 0.990. The maximum atomic E-state index is 11.2. The molecule has 0 fully saturated rings. The number of primary amides is 1. The standard InChI is InChI=1S/C13H21N7O/c1-8(2)5-20(6-10(14)21)7-11-17-12(15)9-4-16-19(3)13(9)18-11/h4,8H,5-7H2,1-3H3,(H2,14,21)(H2,15,17,18). The smallest absolute Gasteiger partial charge is 0.231 e. The van der Waals surface area contributed by atoms with Crippen LogP contribution < -0.4 is 11.5 Å². The highest BCUT2D eigenvalue weighted by atomic mass is 16.1. The van der Waals surface area contributed by atoms with Gasteiger partial charge in [-0.3, -0.25) is 14.4 Å². The lowest BCUT2D eigenvalue weighted by Gasteiger charge is -2.21. The fraction of sp³-hybridized carbons (Fsp3) is 0.538. The van der Waals surface area contributed by atoms with Gasteiger partial charge in [-0.1, -0.05) is 13.8 Å². The number of rotatable bonds is 6. The molecule has 0 unspecified atom stereocenters. The third-order valence-corrected chi connectivity index (χ3v) is 3.04. The van der Waals surface area contributed by atoms with Crippen molar-refractivity contribution in [1.82, 2.24) is 24.6 Å². The highest BCUT2D eigenvalue weighted by Crippen LogP contribution is 2.17. The molecule has 8 nitrogen and oxygen atoms in total. The second kappa shape index (κ2) is 6.04. The van der Waals surface area contributed by atoms with Crippen LogP contribution in [0.5, 0.6) is 0 Å². The lowest BCUT2D eigenvalue weighted by molar-refractivity contribution is -0.119. The van der Waals surface area contributed by atoms with Gasteiger partial charge in [-0.15, -0.1) is 0 Å². The molecule has 1 amide bonds. The lowest BCUT2D eigenvalue weighted by atomic mass is 10.2. The van der Waals surface area contributed by atoms with E-state index in [-0.39, 0.29) is 12.5 Å². The number of anilines is 1. The van der Waals surface area contributed by atoms with Gasteiger partial charge in [0.1, 0.15) is 11.6 Å². The first-order valence-corrected chi connectivity index (χ1v) is 6.81. The first kappa shape index (κ1) is 15.2. The van der Waals surface area contributed by atoms with E-state index in [0.29, 0.717) is 29.8 Å². The average Bonchev–Trinajstić information content (AvgIpc) is 2.70. The van der Waals surface area contributed by atoms with Crippen molar-refractivity contribution in [2.45, 2.75) is 20.4 Å². The van der Waals surface area contributed by atoms with Crippen LogP contribution in [0.25, 0.3) is 11.0 Å². The molecule has 2 aromatic heterocycles. The van der Waals surface area contributed by atoms with Crippen LogP contribution in [-0.4, -0.2) is 43.6 Å². The number of nitrogen functional groups attached to an aromatic ring is 1. The minimum absolute atomic E-state index is 0.171. The predicted molar refractivity (Wildman–Crippen MR) is 80.0 cm³/mol. The van der Waals surface area contributed by atoms with Gasteiger partial charge in [-0.05, 0) is 5.92 Å². The molecule has 0 bridgehead atoms. The number of aromatic nitrogens is 4. The number of carbonyl (C=O) groups is 1.